The van der Waals surface area contributed by atoms with E-state index in [4.69, 9.17) is 5.11 Å². The Morgan fingerprint density at radius 1 is 1.47 bits per heavy atom. The van der Waals surface area contributed by atoms with E-state index in [9.17, 15) is 9.59 Å². The van der Waals surface area contributed by atoms with Crippen LogP contribution in [0, 0.1) is 17.8 Å². The normalized spacial score (nSPS) is 22.4. The summed E-state index contributed by atoms with van der Waals surface area (Å²) in [6.07, 6.45) is 1.18. The Labute approximate surface area is 102 Å². The highest BCUT2D eigenvalue weighted by Gasteiger charge is 2.39. The van der Waals surface area contributed by atoms with Crippen molar-refractivity contribution in [1.29, 1.82) is 0 Å². The Kier molecular flexibility index (Phi) is 4.78. The summed E-state index contributed by atoms with van der Waals surface area (Å²) in [4.78, 5) is 23.4. The summed E-state index contributed by atoms with van der Waals surface area (Å²) in [7, 11) is 1.62. The zero-order valence-electron chi connectivity index (χ0n) is 10.8. The molecule has 1 aliphatic rings. The van der Waals surface area contributed by atoms with Gasteiger partial charge in [0.1, 0.15) is 0 Å². The molecule has 2 N–H and O–H groups in total. The molecule has 98 valence electrons. The van der Waals surface area contributed by atoms with Crippen LogP contribution in [0.15, 0.2) is 0 Å². The van der Waals surface area contributed by atoms with Crippen molar-refractivity contribution < 1.29 is 14.7 Å². The first-order chi connectivity index (χ1) is 7.91. The monoisotopic (exact) mass is 242 g/mol. The van der Waals surface area contributed by atoms with E-state index in [-0.39, 0.29) is 19.0 Å². The minimum atomic E-state index is -0.883. The number of nitrogens with zero attached hydrogens (tertiary/aromatic N) is 1. The first-order valence-corrected chi connectivity index (χ1v) is 6.12. The fourth-order valence-corrected chi connectivity index (χ4v) is 2.04. The number of carbonyl (C=O) groups excluding carboxylic acids is 1. The van der Waals surface area contributed by atoms with Crippen molar-refractivity contribution in [2.24, 2.45) is 17.8 Å². The topological polar surface area (TPSA) is 69.6 Å². The van der Waals surface area contributed by atoms with Gasteiger partial charge in [-0.25, -0.2) is 4.79 Å². The smallest absolute Gasteiger partial charge is 0.317 e. The van der Waals surface area contributed by atoms with E-state index in [1.807, 2.05) is 0 Å². The second-order valence-corrected chi connectivity index (χ2v) is 5.16. The standard InChI is InChI=1S/C12H22N2O3/c1-8(2)10-6-9(10)7-13-12(17)14(3)5-4-11(15)16/h8-10H,4-7H2,1-3H3,(H,13,17)(H,15,16)/t9-,10-/m0/s1. The second-order valence-electron chi connectivity index (χ2n) is 5.16. The Hall–Kier alpha value is -1.26. The molecule has 0 aliphatic heterocycles. The van der Waals surface area contributed by atoms with Crippen LogP contribution in [0.25, 0.3) is 0 Å². The van der Waals surface area contributed by atoms with Crippen LogP contribution in [-0.2, 0) is 4.79 Å². The van der Waals surface area contributed by atoms with E-state index in [0.717, 1.165) is 5.92 Å². The molecule has 0 spiro atoms. The highest BCUT2D eigenvalue weighted by atomic mass is 16.4. The van der Waals surface area contributed by atoms with Crippen molar-refractivity contribution in [2.45, 2.75) is 26.7 Å². The van der Waals surface area contributed by atoms with Crippen LogP contribution in [0.1, 0.15) is 26.7 Å². The molecule has 0 heterocycles. The van der Waals surface area contributed by atoms with Crippen molar-refractivity contribution in [2.75, 3.05) is 20.1 Å². The lowest BCUT2D eigenvalue weighted by Gasteiger charge is -2.17. The number of nitrogens with one attached hydrogen (secondary N) is 1. The number of rotatable bonds is 6. The molecule has 0 aromatic heterocycles. The molecule has 0 saturated heterocycles. The van der Waals surface area contributed by atoms with Gasteiger partial charge in [0.15, 0.2) is 0 Å². The maximum atomic E-state index is 11.6. The van der Waals surface area contributed by atoms with Crippen molar-refractivity contribution in [3.63, 3.8) is 0 Å². The van der Waals surface area contributed by atoms with Gasteiger partial charge in [0.25, 0.3) is 0 Å². The number of hydrogen-bond donors (Lipinski definition) is 2. The summed E-state index contributed by atoms with van der Waals surface area (Å²) in [5.74, 6) is 1.14. The van der Waals surface area contributed by atoms with Gasteiger partial charge >= 0.3 is 12.0 Å². The third kappa shape index (κ3) is 4.63. The summed E-state index contributed by atoms with van der Waals surface area (Å²) in [6.45, 7) is 5.36. The Bertz CT molecular complexity index is 291. The van der Waals surface area contributed by atoms with Gasteiger partial charge in [0.05, 0.1) is 6.42 Å². The molecule has 5 heteroatoms. The van der Waals surface area contributed by atoms with Crippen molar-refractivity contribution in [1.82, 2.24) is 10.2 Å². The Morgan fingerprint density at radius 3 is 2.59 bits per heavy atom. The molecule has 0 unspecified atom stereocenters. The number of urea groups is 1. The van der Waals surface area contributed by atoms with Gasteiger partial charge in [-0.15, -0.1) is 0 Å². The van der Waals surface area contributed by atoms with Crippen LogP contribution in [0.4, 0.5) is 4.79 Å². The quantitative estimate of drug-likeness (QED) is 0.739. The Balaban J connectivity index is 2.15. The summed E-state index contributed by atoms with van der Waals surface area (Å²) in [5, 5.41) is 11.4. The number of carboxylic acid groups (broad SMARTS) is 1. The lowest BCUT2D eigenvalue weighted by atomic mass is 10.1. The van der Waals surface area contributed by atoms with Crippen LogP contribution >= 0.6 is 0 Å². The molecular weight excluding hydrogens is 220 g/mol. The van der Waals surface area contributed by atoms with Crippen molar-refractivity contribution in [3.8, 4) is 0 Å². The van der Waals surface area contributed by atoms with Crippen LogP contribution in [-0.4, -0.2) is 42.1 Å². The molecule has 0 aromatic rings. The summed E-state index contributed by atoms with van der Waals surface area (Å²) in [6, 6.07) is -0.180. The van der Waals surface area contributed by atoms with Gasteiger partial charge in [0, 0.05) is 20.1 Å². The number of carbonyl (C=O) groups is 2. The average Bonchev–Trinajstić information content (AvgIpc) is 3.01. The molecule has 1 saturated carbocycles. The fourth-order valence-electron chi connectivity index (χ4n) is 2.04. The predicted octanol–water partition coefficient (Wildman–Crippen LogP) is 1.39. The van der Waals surface area contributed by atoms with E-state index < -0.39 is 5.97 Å². The fraction of sp³-hybridized carbons (Fsp3) is 0.833. The number of aliphatic carboxylic acids is 1. The average molecular weight is 242 g/mol. The van der Waals surface area contributed by atoms with Crippen LogP contribution in [0.2, 0.25) is 0 Å². The van der Waals surface area contributed by atoms with Crippen LogP contribution < -0.4 is 5.32 Å². The first-order valence-electron chi connectivity index (χ1n) is 6.12. The number of hydrogen-bond acceptors (Lipinski definition) is 2. The SMILES string of the molecule is CC(C)[C@@H]1C[C@H]1CNC(=O)N(C)CCC(=O)O. The molecule has 17 heavy (non-hydrogen) atoms. The van der Waals surface area contributed by atoms with Gasteiger partial charge in [-0.2, -0.15) is 0 Å². The lowest BCUT2D eigenvalue weighted by Crippen LogP contribution is -2.39. The van der Waals surface area contributed by atoms with E-state index in [1.54, 1.807) is 7.05 Å². The molecule has 5 nitrogen and oxygen atoms in total. The lowest BCUT2D eigenvalue weighted by molar-refractivity contribution is -0.137. The third-order valence-corrected chi connectivity index (χ3v) is 3.36. The van der Waals surface area contributed by atoms with E-state index in [0.29, 0.717) is 18.4 Å². The van der Waals surface area contributed by atoms with Crippen LogP contribution in [0.3, 0.4) is 0 Å². The molecule has 2 amide bonds. The Morgan fingerprint density at radius 2 is 2.12 bits per heavy atom. The molecular formula is C12H22N2O3. The maximum absolute atomic E-state index is 11.6. The molecule has 0 aromatic carbocycles. The largest absolute Gasteiger partial charge is 0.481 e. The minimum Gasteiger partial charge on any atom is -0.481 e. The van der Waals surface area contributed by atoms with E-state index >= 15 is 0 Å². The highest BCUT2D eigenvalue weighted by molar-refractivity contribution is 5.75. The third-order valence-electron chi connectivity index (χ3n) is 3.36. The van der Waals surface area contributed by atoms with E-state index in [2.05, 4.69) is 19.2 Å². The maximum Gasteiger partial charge on any atom is 0.317 e. The minimum absolute atomic E-state index is 0.0119. The summed E-state index contributed by atoms with van der Waals surface area (Å²) in [5.41, 5.74) is 0. The zero-order chi connectivity index (χ0) is 13.0. The highest BCUT2D eigenvalue weighted by Crippen LogP contribution is 2.43. The van der Waals surface area contributed by atoms with Crippen molar-refractivity contribution >= 4 is 12.0 Å². The molecule has 2 atom stereocenters. The molecule has 1 rings (SSSR count). The predicted molar refractivity (Wildman–Crippen MR) is 64.7 cm³/mol. The molecule has 0 bridgehead atoms. The number of amides is 2. The van der Waals surface area contributed by atoms with E-state index in [1.165, 1.54) is 11.3 Å². The van der Waals surface area contributed by atoms with Gasteiger partial charge in [-0.05, 0) is 24.2 Å². The van der Waals surface area contributed by atoms with Gasteiger partial charge in [-0.1, -0.05) is 13.8 Å². The second kappa shape index (κ2) is 5.89. The summed E-state index contributed by atoms with van der Waals surface area (Å²) < 4.78 is 0. The molecule has 1 fully saturated rings. The van der Waals surface area contributed by atoms with Gasteiger partial charge < -0.3 is 15.3 Å². The zero-order valence-corrected chi connectivity index (χ0v) is 10.8. The molecule has 0 radical (unpaired) electrons. The summed E-state index contributed by atoms with van der Waals surface area (Å²) >= 11 is 0. The first kappa shape index (κ1) is 13.8. The molecule has 1 aliphatic carbocycles. The van der Waals surface area contributed by atoms with Gasteiger partial charge in [0.2, 0.25) is 0 Å². The number of carboxylic acids is 1. The van der Waals surface area contributed by atoms with Gasteiger partial charge in [-0.3, -0.25) is 4.79 Å². The van der Waals surface area contributed by atoms with Crippen LogP contribution in [0.5, 0.6) is 0 Å². The van der Waals surface area contributed by atoms with Crippen molar-refractivity contribution in [3.05, 3.63) is 0 Å².